The first-order valence-corrected chi connectivity index (χ1v) is 12.9. The number of rotatable bonds is 1. The molecule has 172 valence electrons. The highest BCUT2D eigenvalue weighted by Crippen LogP contribution is 2.45. The van der Waals surface area contributed by atoms with Crippen LogP contribution in [-0.2, 0) is 0 Å². The maximum Gasteiger partial charge on any atom is 0.0787 e. The molecule has 0 aliphatic heterocycles. The molecule has 0 bridgehead atoms. The molecule has 0 saturated carbocycles. The molecular weight excluding hydrogens is 470 g/mol. The molecule has 0 N–H and O–H groups in total. The second kappa shape index (κ2) is 7.77. The summed E-state index contributed by atoms with van der Waals surface area (Å²) in [5.41, 5.74) is 3.16. The van der Waals surface area contributed by atoms with Gasteiger partial charge in [0.05, 0.1) is 5.52 Å². The monoisotopic (exact) mass is 489 g/mol. The smallest absolute Gasteiger partial charge is 0.0787 e. The van der Waals surface area contributed by atoms with E-state index in [2.05, 4.69) is 103 Å². The van der Waals surface area contributed by atoms with Gasteiger partial charge in [-0.15, -0.1) is 0 Å². The molecule has 2 heteroatoms. The van der Waals surface area contributed by atoms with Gasteiger partial charge in [0.2, 0.25) is 0 Å². The average Bonchev–Trinajstić information content (AvgIpc) is 2.96. The SMILES string of the molecule is Clc1cccc(-c2cccc3c2ncc2c3c3ccccc3c3c4ccccc4c4ccccc4c23)c1. The minimum Gasteiger partial charge on any atom is -0.255 e. The van der Waals surface area contributed by atoms with Crippen molar-refractivity contribution >= 4 is 76.4 Å². The van der Waals surface area contributed by atoms with E-state index >= 15 is 0 Å². The van der Waals surface area contributed by atoms with E-state index in [1.165, 1.54) is 53.9 Å². The van der Waals surface area contributed by atoms with Crippen LogP contribution in [-0.4, -0.2) is 4.98 Å². The van der Waals surface area contributed by atoms with Crippen molar-refractivity contribution in [2.24, 2.45) is 0 Å². The summed E-state index contributed by atoms with van der Waals surface area (Å²) in [6.07, 6.45) is 2.09. The number of para-hydroxylation sites is 1. The minimum atomic E-state index is 0.727. The lowest BCUT2D eigenvalue weighted by atomic mass is 9.86. The molecule has 0 saturated heterocycles. The van der Waals surface area contributed by atoms with E-state index in [-0.39, 0.29) is 0 Å². The molecule has 0 radical (unpaired) electrons. The first-order valence-electron chi connectivity index (χ1n) is 12.5. The fourth-order valence-electron chi connectivity index (χ4n) is 6.21. The fourth-order valence-corrected chi connectivity index (χ4v) is 6.40. The minimum absolute atomic E-state index is 0.727. The summed E-state index contributed by atoms with van der Waals surface area (Å²) in [5, 5.41) is 14.5. The van der Waals surface area contributed by atoms with Gasteiger partial charge in [0.25, 0.3) is 0 Å². The lowest BCUT2D eigenvalue weighted by Gasteiger charge is -2.17. The summed E-state index contributed by atoms with van der Waals surface area (Å²) >= 11 is 6.37. The highest BCUT2D eigenvalue weighted by molar-refractivity contribution is 6.41. The predicted octanol–water partition coefficient (Wildman–Crippen LogP) is 10.3. The zero-order valence-electron chi connectivity index (χ0n) is 19.9. The third-order valence-electron chi connectivity index (χ3n) is 7.70. The van der Waals surface area contributed by atoms with Crippen LogP contribution in [0.5, 0.6) is 0 Å². The van der Waals surface area contributed by atoms with Crippen molar-refractivity contribution < 1.29 is 0 Å². The Balaban J connectivity index is 1.67. The van der Waals surface area contributed by atoms with Crippen LogP contribution in [0, 0.1) is 0 Å². The van der Waals surface area contributed by atoms with Crippen molar-refractivity contribution in [3.8, 4) is 11.1 Å². The average molecular weight is 490 g/mol. The van der Waals surface area contributed by atoms with E-state index in [1.807, 2.05) is 18.2 Å². The summed E-state index contributed by atoms with van der Waals surface area (Å²) in [7, 11) is 0. The number of hydrogen-bond donors (Lipinski definition) is 0. The topological polar surface area (TPSA) is 12.9 Å². The van der Waals surface area contributed by atoms with Gasteiger partial charge < -0.3 is 0 Å². The summed E-state index contributed by atoms with van der Waals surface area (Å²) in [5.74, 6) is 0. The molecule has 0 amide bonds. The molecule has 0 atom stereocenters. The molecule has 8 rings (SSSR count). The number of benzene rings is 7. The fraction of sp³-hybridized carbons (Fsp3) is 0. The van der Waals surface area contributed by atoms with Crippen LogP contribution in [0.4, 0.5) is 0 Å². The van der Waals surface area contributed by atoms with Gasteiger partial charge in [-0.3, -0.25) is 4.98 Å². The van der Waals surface area contributed by atoms with Crippen LogP contribution in [0.2, 0.25) is 5.02 Å². The van der Waals surface area contributed by atoms with Gasteiger partial charge in [-0.05, 0) is 55.4 Å². The van der Waals surface area contributed by atoms with Crippen molar-refractivity contribution in [1.82, 2.24) is 4.98 Å². The molecule has 0 unspecified atom stereocenters. The first kappa shape index (κ1) is 20.7. The maximum atomic E-state index is 6.37. The Hall–Kier alpha value is -4.46. The number of halogens is 1. The van der Waals surface area contributed by atoms with E-state index in [0.717, 1.165) is 27.1 Å². The maximum absolute atomic E-state index is 6.37. The van der Waals surface area contributed by atoms with Gasteiger partial charge in [-0.25, -0.2) is 0 Å². The molecule has 1 nitrogen and oxygen atoms in total. The Bertz CT molecular complexity index is 2210. The third kappa shape index (κ3) is 2.89. The first-order chi connectivity index (χ1) is 18.3. The summed E-state index contributed by atoms with van der Waals surface area (Å²) in [6, 6.07) is 40.9. The number of nitrogens with zero attached hydrogens (tertiary/aromatic N) is 1. The highest BCUT2D eigenvalue weighted by Gasteiger charge is 2.18. The van der Waals surface area contributed by atoms with Gasteiger partial charge >= 0.3 is 0 Å². The molecule has 0 spiro atoms. The third-order valence-corrected chi connectivity index (χ3v) is 7.94. The summed E-state index contributed by atoms with van der Waals surface area (Å²) in [4.78, 5) is 5.12. The van der Waals surface area contributed by atoms with Gasteiger partial charge in [0, 0.05) is 38.3 Å². The Labute approximate surface area is 218 Å². The molecule has 0 aliphatic rings. The zero-order chi connectivity index (χ0) is 24.5. The number of hydrogen-bond acceptors (Lipinski definition) is 1. The largest absolute Gasteiger partial charge is 0.255 e. The van der Waals surface area contributed by atoms with E-state index in [4.69, 9.17) is 16.6 Å². The number of fused-ring (bicyclic) bond motifs is 13. The summed E-state index contributed by atoms with van der Waals surface area (Å²) in [6.45, 7) is 0. The zero-order valence-corrected chi connectivity index (χ0v) is 20.6. The lowest BCUT2D eigenvalue weighted by molar-refractivity contribution is 1.45. The quantitative estimate of drug-likeness (QED) is 0.209. The van der Waals surface area contributed by atoms with Crippen LogP contribution >= 0.6 is 11.6 Å². The molecule has 1 aromatic heterocycles. The van der Waals surface area contributed by atoms with Crippen LogP contribution < -0.4 is 0 Å². The van der Waals surface area contributed by atoms with Crippen LogP contribution in [0.25, 0.3) is 75.9 Å². The molecule has 7 aromatic carbocycles. The van der Waals surface area contributed by atoms with E-state index in [0.29, 0.717) is 0 Å². The van der Waals surface area contributed by atoms with Crippen LogP contribution in [0.15, 0.2) is 121 Å². The van der Waals surface area contributed by atoms with Crippen molar-refractivity contribution in [3.05, 3.63) is 126 Å². The Morgan fingerprint density at radius 2 is 0.946 bits per heavy atom. The Morgan fingerprint density at radius 3 is 1.59 bits per heavy atom. The van der Waals surface area contributed by atoms with Gasteiger partial charge in [-0.1, -0.05) is 115 Å². The summed E-state index contributed by atoms with van der Waals surface area (Å²) < 4.78 is 0. The van der Waals surface area contributed by atoms with Crippen LogP contribution in [0.3, 0.4) is 0 Å². The molecule has 0 aliphatic carbocycles. The second-order valence-corrected chi connectivity index (χ2v) is 10.1. The van der Waals surface area contributed by atoms with E-state index in [9.17, 15) is 0 Å². The molecule has 0 fully saturated rings. The highest BCUT2D eigenvalue weighted by atomic mass is 35.5. The van der Waals surface area contributed by atoms with E-state index < -0.39 is 0 Å². The van der Waals surface area contributed by atoms with Crippen LogP contribution in [0.1, 0.15) is 0 Å². The van der Waals surface area contributed by atoms with Crippen molar-refractivity contribution in [3.63, 3.8) is 0 Å². The van der Waals surface area contributed by atoms with Gasteiger partial charge in [0.15, 0.2) is 0 Å². The van der Waals surface area contributed by atoms with Crippen molar-refractivity contribution in [2.45, 2.75) is 0 Å². The van der Waals surface area contributed by atoms with Crippen molar-refractivity contribution in [1.29, 1.82) is 0 Å². The predicted molar refractivity (Wildman–Crippen MR) is 160 cm³/mol. The molecule has 8 aromatic rings. The Kier molecular flexibility index (Phi) is 4.35. The molecule has 1 heterocycles. The number of aromatic nitrogens is 1. The standard InChI is InChI=1S/C35H20ClN/c36-22-10-7-9-21(19-22)23-17-8-18-30-32-28-15-5-6-16-29(28)33-26-13-3-1-11-24(26)25-12-2-4-14-27(25)34(33)31(32)20-37-35(23)30/h1-20H. The normalized spacial score (nSPS) is 11.9. The Morgan fingerprint density at radius 1 is 0.432 bits per heavy atom. The van der Waals surface area contributed by atoms with Crippen molar-refractivity contribution in [2.75, 3.05) is 0 Å². The second-order valence-electron chi connectivity index (χ2n) is 9.65. The lowest BCUT2D eigenvalue weighted by Crippen LogP contribution is -1.92. The van der Waals surface area contributed by atoms with E-state index in [1.54, 1.807) is 0 Å². The van der Waals surface area contributed by atoms with Gasteiger partial charge in [0.1, 0.15) is 0 Å². The molecule has 37 heavy (non-hydrogen) atoms. The molecular formula is C35H20ClN. The number of pyridine rings is 1. The van der Waals surface area contributed by atoms with Gasteiger partial charge in [-0.2, -0.15) is 0 Å².